The number of hydroxylamine groups is 1. The number of aromatic amines is 1. The Labute approximate surface area is 234 Å². The average molecular weight is 597 g/mol. The quantitative estimate of drug-likeness (QED) is 0.0756. The number of aliphatic hydroxyl groups excluding tert-OH is 2. The van der Waals surface area contributed by atoms with E-state index in [1.165, 1.54) is 0 Å². The fourth-order valence-electron chi connectivity index (χ4n) is 4.02. The van der Waals surface area contributed by atoms with E-state index in [9.17, 15) is 34.7 Å². The van der Waals surface area contributed by atoms with Crippen molar-refractivity contribution in [3.05, 3.63) is 73.9 Å². The molecule has 0 saturated carbocycles. The van der Waals surface area contributed by atoms with Gasteiger partial charge in [-0.05, 0) is 43.9 Å². The molecule has 6 atom stereocenters. The third-order valence-corrected chi connectivity index (χ3v) is 7.03. The number of esters is 1. The van der Waals surface area contributed by atoms with Crippen LogP contribution < -0.4 is 16.1 Å². The molecule has 0 bridgehead atoms. The standard InChI is InChI=1S/C24H33N6O10P/c1-14(2)12-17(22(34)38-15(3)4)30(40-16-8-6-5-7-9-16)41(36)37-13-24(27-28-25)20(33)19(32)21(39-24)29-11-10-18(31)26-23(29)35/h5-11,14-15,17,19-21,32-33,41H,12-13H2,1-4H3,(H,26,31,35)/t17?,19-,20+,21-,24-/m1/s1. The van der Waals surface area contributed by atoms with Crippen molar-refractivity contribution >= 4 is 14.1 Å². The van der Waals surface area contributed by atoms with E-state index in [0.717, 1.165) is 21.7 Å². The molecule has 0 spiro atoms. The first-order chi connectivity index (χ1) is 19.4. The van der Waals surface area contributed by atoms with Gasteiger partial charge in [-0.3, -0.25) is 23.7 Å². The molecule has 1 aliphatic rings. The lowest BCUT2D eigenvalue weighted by Gasteiger charge is -2.31. The van der Waals surface area contributed by atoms with Crippen LogP contribution in [0.2, 0.25) is 0 Å². The normalized spacial score (nSPS) is 23.8. The minimum atomic E-state index is -3.54. The van der Waals surface area contributed by atoms with Gasteiger partial charge in [-0.1, -0.05) is 42.0 Å². The van der Waals surface area contributed by atoms with Crippen LogP contribution in [0.4, 0.5) is 0 Å². The molecule has 2 heterocycles. The molecule has 224 valence electrons. The number of carbonyl (C=O) groups excluding carboxylic acids is 1. The number of nitrogens with zero attached hydrogens (tertiary/aromatic N) is 5. The summed E-state index contributed by atoms with van der Waals surface area (Å²) in [6.07, 6.45) is -4.71. The number of benzene rings is 1. The number of hydrogen-bond donors (Lipinski definition) is 3. The molecule has 1 saturated heterocycles. The maximum absolute atomic E-state index is 13.6. The lowest BCUT2D eigenvalue weighted by Crippen LogP contribution is -2.46. The van der Waals surface area contributed by atoms with Crippen molar-refractivity contribution in [2.75, 3.05) is 6.61 Å². The second-order valence-corrected chi connectivity index (χ2v) is 11.2. The lowest BCUT2D eigenvalue weighted by molar-refractivity contribution is -0.161. The maximum Gasteiger partial charge on any atom is 0.330 e. The van der Waals surface area contributed by atoms with Crippen molar-refractivity contribution in [2.24, 2.45) is 11.0 Å². The van der Waals surface area contributed by atoms with Crippen LogP contribution in [0.3, 0.4) is 0 Å². The third-order valence-electron chi connectivity index (χ3n) is 5.87. The van der Waals surface area contributed by atoms with Crippen LogP contribution >= 0.6 is 8.18 Å². The van der Waals surface area contributed by atoms with Gasteiger partial charge in [0, 0.05) is 17.2 Å². The Kier molecular flexibility index (Phi) is 10.9. The van der Waals surface area contributed by atoms with E-state index in [-0.39, 0.29) is 18.1 Å². The Morgan fingerprint density at radius 2 is 1.93 bits per heavy atom. The van der Waals surface area contributed by atoms with Crippen molar-refractivity contribution in [1.29, 1.82) is 0 Å². The monoisotopic (exact) mass is 596 g/mol. The van der Waals surface area contributed by atoms with Gasteiger partial charge in [0.15, 0.2) is 12.3 Å². The van der Waals surface area contributed by atoms with Gasteiger partial charge in [0.2, 0.25) is 5.72 Å². The van der Waals surface area contributed by atoms with Crippen LogP contribution in [0, 0.1) is 5.92 Å². The van der Waals surface area contributed by atoms with Gasteiger partial charge in [-0.25, -0.2) is 4.79 Å². The number of nitrogens with one attached hydrogen (secondary N) is 1. The first-order valence-electron chi connectivity index (χ1n) is 12.7. The van der Waals surface area contributed by atoms with Crippen LogP contribution in [0.15, 0.2) is 57.3 Å². The molecular formula is C24H33N6O10P. The summed E-state index contributed by atoms with van der Waals surface area (Å²) in [5.41, 5.74) is 5.16. The van der Waals surface area contributed by atoms with Crippen LogP contribution in [-0.4, -0.2) is 67.3 Å². The molecule has 0 amide bonds. The Bertz CT molecular complexity index is 1380. The number of H-pyrrole nitrogens is 1. The Morgan fingerprint density at radius 1 is 1.24 bits per heavy atom. The molecule has 16 nitrogen and oxygen atoms in total. The topological polar surface area (TPSA) is 218 Å². The lowest BCUT2D eigenvalue weighted by atomic mass is 10.0. The van der Waals surface area contributed by atoms with Crippen molar-refractivity contribution < 1.29 is 38.4 Å². The molecule has 1 fully saturated rings. The van der Waals surface area contributed by atoms with Crippen LogP contribution in [0.1, 0.15) is 40.3 Å². The predicted molar refractivity (Wildman–Crippen MR) is 144 cm³/mol. The molecule has 17 heteroatoms. The van der Waals surface area contributed by atoms with Gasteiger partial charge >= 0.3 is 11.7 Å². The Balaban J connectivity index is 1.93. The summed E-state index contributed by atoms with van der Waals surface area (Å²) in [7, 11) is -3.54. The number of carbonyl (C=O) groups is 1. The molecule has 2 unspecified atom stereocenters. The van der Waals surface area contributed by atoms with Gasteiger partial charge in [0.1, 0.15) is 18.0 Å². The summed E-state index contributed by atoms with van der Waals surface area (Å²) >= 11 is 0. The van der Waals surface area contributed by atoms with Crippen molar-refractivity contribution in [3.8, 4) is 5.75 Å². The van der Waals surface area contributed by atoms with Crippen LogP contribution in [-0.2, 0) is 23.4 Å². The van der Waals surface area contributed by atoms with E-state index in [2.05, 4.69) is 10.0 Å². The summed E-state index contributed by atoms with van der Waals surface area (Å²) in [6, 6.07) is 7.98. The molecule has 2 aromatic rings. The predicted octanol–water partition coefficient (Wildman–Crippen LogP) is 1.86. The summed E-state index contributed by atoms with van der Waals surface area (Å²) in [5, 5.41) is 24.9. The van der Waals surface area contributed by atoms with Gasteiger partial charge in [0.05, 0.1) is 12.7 Å². The minimum Gasteiger partial charge on any atom is -0.462 e. The fraction of sp³-hybridized carbons (Fsp3) is 0.542. The number of rotatable bonds is 13. The van der Waals surface area contributed by atoms with Crippen molar-refractivity contribution in [2.45, 2.75) is 70.4 Å². The number of para-hydroxylation sites is 1. The molecule has 41 heavy (non-hydrogen) atoms. The number of aromatic nitrogens is 2. The highest BCUT2D eigenvalue weighted by molar-refractivity contribution is 7.36. The average Bonchev–Trinajstić information content (AvgIpc) is 3.15. The van der Waals surface area contributed by atoms with Crippen LogP contribution in [0.5, 0.6) is 5.75 Å². The van der Waals surface area contributed by atoms with Crippen molar-refractivity contribution in [3.63, 3.8) is 0 Å². The largest absolute Gasteiger partial charge is 0.462 e. The molecule has 0 aliphatic carbocycles. The summed E-state index contributed by atoms with van der Waals surface area (Å²) < 4.78 is 30.9. The van der Waals surface area contributed by atoms with E-state index in [1.54, 1.807) is 44.2 Å². The van der Waals surface area contributed by atoms with E-state index in [1.807, 2.05) is 18.8 Å². The Hall–Kier alpha value is -3.49. The minimum absolute atomic E-state index is 0.0718. The molecule has 1 aliphatic heterocycles. The smallest absolute Gasteiger partial charge is 0.330 e. The fourth-order valence-corrected chi connectivity index (χ4v) is 5.13. The van der Waals surface area contributed by atoms with E-state index in [0.29, 0.717) is 0 Å². The first-order valence-corrected chi connectivity index (χ1v) is 14.0. The van der Waals surface area contributed by atoms with Gasteiger partial charge in [-0.2, -0.15) is 0 Å². The first kappa shape index (κ1) is 32.0. The zero-order chi connectivity index (χ0) is 30.3. The molecule has 0 radical (unpaired) electrons. The SMILES string of the molecule is CC(C)CC(C(=O)OC(C)C)N(Oc1ccccc1)[PH](=O)OC[C@@]1(N=[N+]=[N-])O[C@@H](n2ccc(=O)[nH]c2=O)[C@H](O)[C@@H]1O. The highest BCUT2D eigenvalue weighted by Crippen LogP contribution is 2.42. The highest BCUT2D eigenvalue weighted by atomic mass is 31.1. The van der Waals surface area contributed by atoms with E-state index < -0.39 is 68.3 Å². The molecule has 3 N–H and O–H groups in total. The second-order valence-electron chi connectivity index (χ2n) is 9.91. The van der Waals surface area contributed by atoms with Crippen LogP contribution in [0.25, 0.3) is 10.4 Å². The number of ether oxygens (including phenoxy) is 2. The second kappa shape index (κ2) is 13.9. The zero-order valence-corrected chi connectivity index (χ0v) is 23.8. The molecule has 3 rings (SSSR count). The molecular weight excluding hydrogens is 563 g/mol. The zero-order valence-electron chi connectivity index (χ0n) is 22.8. The van der Waals surface area contributed by atoms with Gasteiger partial charge in [-0.15, -0.1) is 0 Å². The number of azide groups is 1. The third kappa shape index (κ3) is 7.83. The summed E-state index contributed by atoms with van der Waals surface area (Å²) in [4.78, 5) is 48.1. The summed E-state index contributed by atoms with van der Waals surface area (Å²) in [5.74, 6) is -0.561. The Morgan fingerprint density at radius 3 is 2.51 bits per heavy atom. The molecule has 1 aromatic heterocycles. The van der Waals surface area contributed by atoms with Crippen molar-refractivity contribution in [1.82, 2.24) is 14.4 Å². The summed E-state index contributed by atoms with van der Waals surface area (Å²) in [6.45, 7) is 6.11. The van der Waals surface area contributed by atoms with E-state index in [4.69, 9.17) is 18.8 Å². The number of hydrogen-bond acceptors (Lipinski definition) is 11. The molecule has 1 aromatic carbocycles. The highest BCUT2D eigenvalue weighted by Gasteiger charge is 2.56. The number of aliphatic hydroxyl groups is 2. The van der Waals surface area contributed by atoms with Gasteiger partial charge < -0.3 is 29.0 Å². The maximum atomic E-state index is 13.6. The van der Waals surface area contributed by atoms with E-state index >= 15 is 0 Å². The van der Waals surface area contributed by atoms with Gasteiger partial charge in [0.25, 0.3) is 13.7 Å².